The molecule has 0 amide bonds. The summed E-state index contributed by atoms with van der Waals surface area (Å²) in [7, 11) is 0. The van der Waals surface area contributed by atoms with Crippen LogP contribution in [0.5, 0.6) is 0 Å². The van der Waals surface area contributed by atoms with Gasteiger partial charge in [0.15, 0.2) is 0 Å². The third kappa shape index (κ3) is 2.91. The monoisotopic (exact) mass is 361 g/mol. The summed E-state index contributed by atoms with van der Waals surface area (Å²) in [6.45, 7) is 0. The van der Waals surface area contributed by atoms with Gasteiger partial charge in [0.25, 0.3) is 0 Å². The SMILES string of the molecule is OC(Cc1nccs1)c1ccc(Br)c(Br)c1. The first-order valence-corrected chi connectivity index (χ1v) is 7.15. The molecule has 2 nitrogen and oxygen atoms in total. The first kappa shape index (κ1) is 12.2. The summed E-state index contributed by atoms with van der Waals surface area (Å²) < 4.78 is 1.93. The fourth-order valence-electron chi connectivity index (χ4n) is 1.36. The van der Waals surface area contributed by atoms with Gasteiger partial charge in [-0.1, -0.05) is 6.07 Å². The largest absolute Gasteiger partial charge is 0.388 e. The van der Waals surface area contributed by atoms with Gasteiger partial charge in [-0.05, 0) is 49.6 Å². The molecule has 0 saturated carbocycles. The highest BCUT2D eigenvalue weighted by Crippen LogP contribution is 2.28. The van der Waals surface area contributed by atoms with E-state index in [4.69, 9.17) is 0 Å². The number of hydrogen-bond donors (Lipinski definition) is 1. The lowest BCUT2D eigenvalue weighted by Crippen LogP contribution is -2.01. The van der Waals surface area contributed by atoms with Crippen molar-refractivity contribution in [1.29, 1.82) is 0 Å². The van der Waals surface area contributed by atoms with Gasteiger partial charge in [-0.3, -0.25) is 0 Å². The van der Waals surface area contributed by atoms with Crippen molar-refractivity contribution in [2.45, 2.75) is 12.5 Å². The molecule has 5 heteroatoms. The minimum atomic E-state index is -0.504. The van der Waals surface area contributed by atoms with Gasteiger partial charge in [0.1, 0.15) is 0 Å². The van der Waals surface area contributed by atoms with Crippen molar-refractivity contribution in [3.8, 4) is 0 Å². The standard InChI is InChI=1S/C11H9Br2NOS/c12-8-2-1-7(5-9(8)13)10(15)6-11-14-3-4-16-11/h1-5,10,15H,6H2. The van der Waals surface area contributed by atoms with Crippen molar-refractivity contribution in [2.24, 2.45) is 0 Å². The molecule has 2 rings (SSSR count). The minimum absolute atomic E-state index is 0.504. The average Bonchev–Trinajstić information content (AvgIpc) is 2.74. The zero-order chi connectivity index (χ0) is 11.5. The summed E-state index contributed by atoms with van der Waals surface area (Å²) in [5.74, 6) is 0. The van der Waals surface area contributed by atoms with Crippen LogP contribution in [-0.4, -0.2) is 10.1 Å². The van der Waals surface area contributed by atoms with Crippen LogP contribution in [0.2, 0.25) is 0 Å². The number of nitrogens with zero attached hydrogens (tertiary/aromatic N) is 1. The van der Waals surface area contributed by atoms with Crippen molar-refractivity contribution < 1.29 is 5.11 Å². The molecule has 16 heavy (non-hydrogen) atoms. The lowest BCUT2D eigenvalue weighted by atomic mass is 10.1. The molecule has 1 aromatic carbocycles. The molecule has 1 atom stereocenters. The van der Waals surface area contributed by atoms with Crippen molar-refractivity contribution in [2.75, 3.05) is 0 Å². The third-order valence-corrected chi connectivity index (χ3v) is 4.86. The minimum Gasteiger partial charge on any atom is -0.388 e. The Hall–Kier alpha value is -0.230. The van der Waals surface area contributed by atoms with E-state index in [1.807, 2.05) is 23.6 Å². The van der Waals surface area contributed by atoms with E-state index in [1.165, 1.54) is 0 Å². The molecule has 0 radical (unpaired) electrons. The number of aromatic nitrogens is 1. The van der Waals surface area contributed by atoms with E-state index in [9.17, 15) is 5.11 Å². The van der Waals surface area contributed by atoms with Gasteiger partial charge >= 0.3 is 0 Å². The highest BCUT2D eigenvalue weighted by Gasteiger charge is 2.11. The Morgan fingerprint density at radius 2 is 2.12 bits per heavy atom. The number of benzene rings is 1. The topological polar surface area (TPSA) is 33.1 Å². The summed E-state index contributed by atoms with van der Waals surface area (Å²) in [6, 6.07) is 5.75. The zero-order valence-electron chi connectivity index (χ0n) is 8.23. The molecular formula is C11H9Br2NOS. The molecule has 0 bridgehead atoms. The zero-order valence-corrected chi connectivity index (χ0v) is 12.2. The molecule has 0 aliphatic heterocycles. The molecule has 1 unspecified atom stereocenters. The molecule has 0 saturated heterocycles. The Balaban J connectivity index is 2.14. The second-order valence-electron chi connectivity index (χ2n) is 3.32. The van der Waals surface area contributed by atoms with Gasteiger partial charge in [-0.25, -0.2) is 4.98 Å². The maximum atomic E-state index is 10.0. The van der Waals surface area contributed by atoms with Crippen LogP contribution < -0.4 is 0 Å². The lowest BCUT2D eigenvalue weighted by Gasteiger charge is -2.10. The molecule has 2 aromatic rings. The van der Waals surface area contributed by atoms with Crippen LogP contribution in [0, 0.1) is 0 Å². The Kier molecular flexibility index (Phi) is 4.13. The van der Waals surface area contributed by atoms with Crippen LogP contribution in [0.1, 0.15) is 16.7 Å². The van der Waals surface area contributed by atoms with Crippen LogP contribution in [0.4, 0.5) is 0 Å². The van der Waals surface area contributed by atoms with E-state index in [0.29, 0.717) is 6.42 Å². The summed E-state index contributed by atoms with van der Waals surface area (Å²) in [4.78, 5) is 4.16. The quantitative estimate of drug-likeness (QED) is 0.896. The highest BCUT2D eigenvalue weighted by molar-refractivity contribution is 9.13. The summed E-state index contributed by atoms with van der Waals surface area (Å²) in [6.07, 6.45) is 1.81. The van der Waals surface area contributed by atoms with E-state index in [-0.39, 0.29) is 0 Å². The Morgan fingerprint density at radius 3 is 2.75 bits per heavy atom. The maximum Gasteiger partial charge on any atom is 0.0954 e. The second kappa shape index (κ2) is 5.40. The summed E-state index contributed by atoms with van der Waals surface area (Å²) in [5.41, 5.74) is 0.894. The van der Waals surface area contributed by atoms with E-state index >= 15 is 0 Å². The van der Waals surface area contributed by atoms with E-state index in [1.54, 1.807) is 17.5 Å². The predicted molar refractivity (Wildman–Crippen MR) is 72.6 cm³/mol. The van der Waals surface area contributed by atoms with Crippen molar-refractivity contribution >= 4 is 43.2 Å². The lowest BCUT2D eigenvalue weighted by molar-refractivity contribution is 0.178. The highest BCUT2D eigenvalue weighted by atomic mass is 79.9. The van der Waals surface area contributed by atoms with Gasteiger partial charge in [-0.2, -0.15) is 0 Å². The summed E-state index contributed by atoms with van der Waals surface area (Å²) in [5, 5.41) is 12.9. The van der Waals surface area contributed by atoms with Crippen LogP contribution in [-0.2, 0) is 6.42 Å². The van der Waals surface area contributed by atoms with Crippen LogP contribution in [0.15, 0.2) is 38.7 Å². The Morgan fingerprint density at radius 1 is 1.31 bits per heavy atom. The average molecular weight is 363 g/mol. The predicted octanol–water partition coefficient (Wildman–Crippen LogP) is 3.94. The number of halogens is 2. The Bertz CT molecular complexity index is 473. The van der Waals surface area contributed by atoms with Crippen LogP contribution in [0.3, 0.4) is 0 Å². The summed E-state index contributed by atoms with van der Waals surface area (Å²) >= 11 is 8.38. The molecule has 0 fully saturated rings. The number of aliphatic hydroxyl groups excluding tert-OH is 1. The first-order chi connectivity index (χ1) is 7.66. The van der Waals surface area contributed by atoms with E-state index < -0.39 is 6.10 Å². The van der Waals surface area contributed by atoms with Crippen molar-refractivity contribution in [3.63, 3.8) is 0 Å². The fourth-order valence-corrected chi connectivity index (χ4v) is 2.65. The van der Waals surface area contributed by atoms with Crippen LogP contribution in [0.25, 0.3) is 0 Å². The number of rotatable bonds is 3. The van der Waals surface area contributed by atoms with Crippen molar-refractivity contribution in [1.82, 2.24) is 4.98 Å². The molecule has 0 aliphatic rings. The third-order valence-electron chi connectivity index (χ3n) is 2.18. The first-order valence-electron chi connectivity index (χ1n) is 4.68. The Labute approximate surface area is 115 Å². The second-order valence-corrected chi connectivity index (χ2v) is 6.01. The fraction of sp³-hybridized carbons (Fsp3) is 0.182. The molecule has 84 valence electrons. The molecule has 0 aliphatic carbocycles. The smallest absolute Gasteiger partial charge is 0.0954 e. The van der Waals surface area contributed by atoms with Gasteiger partial charge in [0, 0.05) is 26.9 Å². The normalized spacial score (nSPS) is 12.7. The van der Waals surface area contributed by atoms with Gasteiger partial charge < -0.3 is 5.11 Å². The molecule has 1 aromatic heterocycles. The van der Waals surface area contributed by atoms with Gasteiger partial charge in [0.2, 0.25) is 0 Å². The van der Waals surface area contributed by atoms with Crippen molar-refractivity contribution in [3.05, 3.63) is 49.3 Å². The number of hydrogen-bond acceptors (Lipinski definition) is 3. The molecular weight excluding hydrogens is 354 g/mol. The van der Waals surface area contributed by atoms with Gasteiger partial charge in [0.05, 0.1) is 11.1 Å². The maximum absolute atomic E-state index is 10.0. The van der Waals surface area contributed by atoms with E-state index in [2.05, 4.69) is 36.8 Å². The molecule has 0 spiro atoms. The molecule has 1 heterocycles. The number of thiazole rings is 1. The molecule has 1 N–H and O–H groups in total. The number of aliphatic hydroxyl groups is 1. The van der Waals surface area contributed by atoms with Gasteiger partial charge in [-0.15, -0.1) is 11.3 Å². The van der Waals surface area contributed by atoms with Crippen LogP contribution >= 0.6 is 43.2 Å². The van der Waals surface area contributed by atoms with E-state index in [0.717, 1.165) is 19.5 Å².